The first kappa shape index (κ1) is 21.1. The van der Waals surface area contributed by atoms with Crippen LogP contribution in [0.5, 0.6) is 0 Å². The molecule has 0 aliphatic rings. The normalized spacial score (nSPS) is 11.0. The minimum atomic E-state index is -0.817. The maximum absolute atomic E-state index is 13.8. The van der Waals surface area contributed by atoms with Crippen LogP contribution in [-0.4, -0.2) is 25.1 Å². The second-order valence-corrected chi connectivity index (χ2v) is 7.12. The number of nitrogens with zero attached hydrogens (tertiary/aromatic N) is 4. The summed E-state index contributed by atoms with van der Waals surface area (Å²) in [4.78, 5) is 29.5. The third-order valence-electron chi connectivity index (χ3n) is 4.61. The summed E-state index contributed by atoms with van der Waals surface area (Å²) in [7, 11) is 0. The molecule has 4 rings (SSSR count). The summed E-state index contributed by atoms with van der Waals surface area (Å²) in [5, 5.41) is 9.30. The number of hydrogen-bond donors (Lipinski definition) is 2. The molecule has 0 saturated carbocycles. The number of amides is 1. The van der Waals surface area contributed by atoms with E-state index in [1.54, 1.807) is 26.0 Å². The summed E-state index contributed by atoms with van der Waals surface area (Å²) in [6, 6.07) is 8.52. The van der Waals surface area contributed by atoms with Gasteiger partial charge in [-0.25, -0.2) is 32.0 Å². The fourth-order valence-corrected chi connectivity index (χ4v) is 3.11. The Labute approximate surface area is 179 Å². The second kappa shape index (κ2) is 8.17. The van der Waals surface area contributed by atoms with Crippen LogP contribution < -0.4 is 16.3 Å². The van der Waals surface area contributed by atoms with Gasteiger partial charge in [0.15, 0.2) is 5.65 Å². The van der Waals surface area contributed by atoms with Gasteiger partial charge in [0.25, 0.3) is 0 Å². The summed E-state index contributed by atoms with van der Waals surface area (Å²) in [6.45, 7) is 2.76. The molecule has 1 amide bonds. The molecular formula is C21H17F3N6O2. The van der Waals surface area contributed by atoms with E-state index in [0.29, 0.717) is 16.9 Å². The van der Waals surface area contributed by atoms with Crippen molar-refractivity contribution in [1.82, 2.24) is 19.2 Å². The predicted molar refractivity (Wildman–Crippen MR) is 111 cm³/mol. The highest BCUT2D eigenvalue weighted by Crippen LogP contribution is 2.19. The molecule has 0 saturated heterocycles. The van der Waals surface area contributed by atoms with Crippen molar-refractivity contribution in [2.45, 2.75) is 20.4 Å². The quantitative estimate of drug-likeness (QED) is 0.495. The number of halogens is 3. The molecule has 0 atom stereocenters. The van der Waals surface area contributed by atoms with Crippen LogP contribution in [-0.2, 0) is 11.3 Å². The van der Waals surface area contributed by atoms with E-state index < -0.39 is 29.8 Å². The number of nitrogens with one attached hydrogen (secondary N) is 2. The van der Waals surface area contributed by atoms with Gasteiger partial charge in [0.2, 0.25) is 11.9 Å². The number of carbonyl (C=O) groups excluding carboxylic acids is 1. The zero-order chi connectivity index (χ0) is 23.0. The Bertz CT molecular complexity index is 1410. The summed E-state index contributed by atoms with van der Waals surface area (Å²) >= 11 is 0. The van der Waals surface area contributed by atoms with Gasteiger partial charge in [-0.05, 0) is 49.7 Å². The molecule has 0 unspecified atom stereocenters. The maximum Gasteiger partial charge on any atom is 0.353 e. The molecule has 32 heavy (non-hydrogen) atoms. The molecular weight excluding hydrogens is 425 g/mol. The predicted octanol–water partition coefficient (Wildman–Crippen LogP) is 3.31. The molecule has 11 heteroatoms. The van der Waals surface area contributed by atoms with Gasteiger partial charge in [-0.15, -0.1) is 5.10 Å². The van der Waals surface area contributed by atoms with Crippen molar-refractivity contribution in [3.05, 3.63) is 81.7 Å². The average Bonchev–Trinajstić information content (AvgIpc) is 3.02. The van der Waals surface area contributed by atoms with Crippen LogP contribution in [0.4, 0.5) is 30.5 Å². The molecule has 0 bridgehead atoms. The summed E-state index contributed by atoms with van der Waals surface area (Å²) in [6.07, 6.45) is 0. The number of aryl methyl sites for hydroxylation is 2. The minimum Gasteiger partial charge on any atom is -0.325 e. The van der Waals surface area contributed by atoms with Crippen molar-refractivity contribution in [2.24, 2.45) is 0 Å². The first-order chi connectivity index (χ1) is 15.2. The lowest BCUT2D eigenvalue weighted by Crippen LogP contribution is -2.29. The topological polar surface area (TPSA) is 93.3 Å². The number of hydrogen-bond acceptors (Lipinski definition) is 5. The van der Waals surface area contributed by atoms with Gasteiger partial charge in [0.05, 0.1) is 5.69 Å². The lowest BCUT2D eigenvalue weighted by molar-refractivity contribution is -0.117. The van der Waals surface area contributed by atoms with E-state index in [9.17, 15) is 22.8 Å². The van der Waals surface area contributed by atoms with Gasteiger partial charge in [-0.1, -0.05) is 0 Å². The van der Waals surface area contributed by atoms with Crippen LogP contribution in [0.15, 0.2) is 47.3 Å². The SMILES string of the molecule is Cc1cc2nn(CC(=O)Nc3cc(F)ccc3F)c(=O)n2c(Nc2ccc(F)c(C)c2)n1. The van der Waals surface area contributed by atoms with Crippen LogP contribution in [0, 0.1) is 31.3 Å². The molecule has 2 aromatic heterocycles. The van der Waals surface area contributed by atoms with Crippen molar-refractivity contribution in [3.8, 4) is 0 Å². The molecule has 0 spiro atoms. The monoisotopic (exact) mass is 442 g/mol. The highest BCUT2D eigenvalue weighted by molar-refractivity contribution is 5.90. The van der Waals surface area contributed by atoms with Gasteiger partial charge in [0.1, 0.15) is 24.0 Å². The Balaban J connectivity index is 1.65. The fourth-order valence-electron chi connectivity index (χ4n) is 3.11. The third-order valence-corrected chi connectivity index (χ3v) is 4.61. The van der Waals surface area contributed by atoms with E-state index in [1.807, 2.05) is 0 Å². The van der Waals surface area contributed by atoms with Gasteiger partial charge in [-0.2, -0.15) is 0 Å². The zero-order valence-corrected chi connectivity index (χ0v) is 17.0. The smallest absolute Gasteiger partial charge is 0.325 e. The Morgan fingerprint density at radius 1 is 1.03 bits per heavy atom. The van der Waals surface area contributed by atoms with Crippen molar-refractivity contribution in [3.63, 3.8) is 0 Å². The number of carbonyl (C=O) groups is 1. The number of anilines is 3. The van der Waals surface area contributed by atoms with Gasteiger partial charge >= 0.3 is 5.69 Å². The van der Waals surface area contributed by atoms with Crippen molar-refractivity contribution >= 4 is 28.9 Å². The van der Waals surface area contributed by atoms with E-state index in [4.69, 9.17) is 0 Å². The van der Waals surface area contributed by atoms with E-state index in [2.05, 4.69) is 20.7 Å². The summed E-state index contributed by atoms with van der Waals surface area (Å²) in [5.41, 5.74) is 0.642. The van der Waals surface area contributed by atoms with E-state index in [-0.39, 0.29) is 23.1 Å². The maximum atomic E-state index is 13.8. The highest BCUT2D eigenvalue weighted by atomic mass is 19.1. The molecule has 2 heterocycles. The van der Waals surface area contributed by atoms with Gasteiger partial charge in [0, 0.05) is 23.5 Å². The Morgan fingerprint density at radius 3 is 2.53 bits per heavy atom. The van der Waals surface area contributed by atoms with Crippen molar-refractivity contribution in [1.29, 1.82) is 0 Å². The second-order valence-electron chi connectivity index (χ2n) is 7.12. The van der Waals surface area contributed by atoms with Gasteiger partial charge in [-0.3, -0.25) is 4.79 Å². The molecule has 2 aromatic carbocycles. The Morgan fingerprint density at radius 2 is 1.78 bits per heavy atom. The van der Waals surface area contributed by atoms with E-state index >= 15 is 0 Å². The first-order valence-corrected chi connectivity index (χ1v) is 9.46. The average molecular weight is 442 g/mol. The lowest BCUT2D eigenvalue weighted by atomic mass is 10.2. The number of rotatable bonds is 5. The minimum absolute atomic E-state index is 0.124. The standard InChI is InChI=1S/C21H17F3N6O2/c1-11-7-14(4-6-15(11)23)26-20-25-12(2)8-18-28-29(21(32)30(18)20)10-19(31)27-17-9-13(22)3-5-16(17)24/h3-9H,10H2,1-2H3,(H,25,26)(H,27,31). The van der Waals surface area contributed by atoms with Crippen LogP contribution in [0.2, 0.25) is 0 Å². The molecule has 0 fully saturated rings. The third kappa shape index (κ3) is 4.17. The molecule has 164 valence electrons. The molecule has 4 aromatic rings. The van der Waals surface area contributed by atoms with Crippen LogP contribution >= 0.6 is 0 Å². The summed E-state index contributed by atoms with van der Waals surface area (Å²) < 4.78 is 42.7. The lowest BCUT2D eigenvalue weighted by Gasteiger charge is -2.09. The summed E-state index contributed by atoms with van der Waals surface area (Å²) in [5.74, 6) is -2.56. The number of benzene rings is 2. The molecule has 8 nitrogen and oxygen atoms in total. The van der Waals surface area contributed by atoms with Crippen molar-refractivity contribution in [2.75, 3.05) is 10.6 Å². The van der Waals surface area contributed by atoms with Crippen LogP contribution in [0.1, 0.15) is 11.3 Å². The largest absolute Gasteiger partial charge is 0.353 e. The molecule has 0 aliphatic heterocycles. The highest BCUT2D eigenvalue weighted by Gasteiger charge is 2.17. The molecule has 0 radical (unpaired) electrons. The molecule has 0 aliphatic carbocycles. The van der Waals surface area contributed by atoms with Gasteiger partial charge < -0.3 is 10.6 Å². The number of aromatic nitrogens is 4. The van der Waals surface area contributed by atoms with E-state index in [1.165, 1.54) is 12.1 Å². The van der Waals surface area contributed by atoms with Crippen LogP contribution in [0.3, 0.4) is 0 Å². The fraction of sp³-hybridized carbons (Fsp3) is 0.143. The Kier molecular flexibility index (Phi) is 5.39. The van der Waals surface area contributed by atoms with E-state index in [0.717, 1.165) is 27.3 Å². The molecule has 2 N–H and O–H groups in total. The van der Waals surface area contributed by atoms with Crippen molar-refractivity contribution < 1.29 is 18.0 Å². The Hall–Kier alpha value is -4.15. The zero-order valence-electron chi connectivity index (χ0n) is 17.0. The van der Waals surface area contributed by atoms with Crippen LogP contribution in [0.25, 0.3) is 5.65 Å². The first-order valence-electron chi connectivity index (χ1n) is 9.46. The number of fused-ring (bicyclic) bond motifs is 1.